The quantitative estimate of drug-likeness (QED) is 0.902. The first kappa shape index (κ1) is 16.9. The van der Waals surface area contributed by atoms with Gasteiger partial charge in [0, 0.05) is 32.2 Å². The number of amides is 1. The molecular weight excluding hydrogens is 302 g/mol. The molecule has 0 radical (unpaired) electrons. The van der Waals surface area contributed by atoms with Gasteiger partial charge < -0.3 is 10.0 Å². The first-order valence-corrected chi connectivity index (χ1v) is 8.89. The number of hydrogen-bond donors (Lipinski definition) is 1. The van der Waals surface area contributed by atoms with Crippen LogP contribution in [0.5, 0.6) is 0 Å². The molecule has 1 N–H and O–H groups in total. The molecule has 1 aliphatic carbocycles. The normalized spacial score (nSPS) is 23.5. The van der Waals surface area contributed by atoms with Crippen LogP contribution < -0.4 is 0 Å². The third-order valence-corrected chi connectivity index (χ3v) is 5.19. The van der Waals surface area contributed by atoms with Crippen LogP contribution in [0.25, 0.3) is 0 Å². The molecule has 0 unspecified atom stereocenters. The minimum atomic E-state index is -0.535. The van der Waals surface area contributed by atoms with Crippen LogP contribution in [-0.2, 0) is 0 Å². The highest BCUT2D eigenvalue weighted by Crippen LogP contribution is 2.24. The van der Waals surface area contributed by atoms with E-state index in [4.69, 9.17) is 0 Å². The lowest BCUT2D eigenvalue weighted by atomic mass is 9.94. The Kier molecular flexibility index (Phi) is 5.49. The van der Waals surface area contributed by atoms with E-state index in [1.165, 1.54) is 32.1 Å². The SMILES string of the molecule is N#Cc1ccccc1C(=O)N1CCN(C2CCCCC2)C[C@H](O)C1. The lowest BCUT2D eigenvalue weighted by Crippen LogP contribution is -2.41. The molecule has 1 saturated carbocycles. The minimum Gasteiger partial charge on any atom is -0.390 e. The molecule has 5 nitrogen and oxygen atoms in total. The maximum absolute atomic E-state index is 12.8. The molecule has 1 atom stereocenters. The van der Waals surface area contributed by atoms with Crippen molar-refractivity contribution in [3.05, 3.63) is 35.4 Å². The molecule has 24 heavy (non-hydrogen) atoms. The fourth-order valence-electron chi connectivity index (χ4n) is 3.91. The summed E-state index contributed by atoms with van der Waals surface area (Å²) in [7, 11) is 0. The number of nitrogens with zero attached hydrogens (tertiary/aromatic N) is 3. The highest BCUT2D eigenvalue weighted by molar-refractivity contribution is 5.96. The van der Waals surface area contributed by atoms with Gasteiger partial charge in [0.1, 0.15) is 0 Å². The van der Waals surface area contributed by atoms with Gasteiger partial charge in [0.2, 0.25) is 0 Å². The summed E-state index contributed by atoms with van der Waals surface area (Å²) >= 11 is 0. The van der Waals surface area contributed by atoms with Gasteiger partial charge in [0.05, 0.1) is 23.3 Å². The van der Waals surface area contributed by atoms with Gasteiger partial charge in [0.15, 0.2) is 0 Å². The second-order valence-corrected chi connectivity index (χ2v) is 6.85. The molecule has 1 saturated heterocycles. The van der Waals surface area contributed by atoms with Gasteiger partial charge in [-0.2, -0.15) is 5.26 Å². The molecule has 1 aromatic carbocycles. The molecule has 5 heteroatoms. The van der Waals surface area contributed by atoms with E-state index in [2.05, 4.69) is 11.0 Å². The molecule has 1 amide bonds. The van der Waals surface area contributed by atoms with E-state index in [0.717, 1.165) is 6.54 Å². The minimum absolute atomic E-state index is 0.156. The molecule has 1 aliphatic heterocycles. The van der Waals surface area contributed by atoms with Gasteiger partial charge in [-0.1, -0.05) is 31.4 Å². The molecular formula is C19H25N3O2. The van der Waals surface area contributed by atoms with Gasteiger partial charge in [-0.3, -0.25) is 9.69 Å². The summed E-state index contributed by atoms with van der Waals surface area (Å²) in [6.45, 7) is 2.37. The predicted molar refractivity (Wildman–Crippen MR) is 91.5 cm³/mol. The van der Waals surface area contributed by atoms with Crippen LogP contribution in [0.1, 0.15) is 48.0 Å². The topological polar surface area (TPSA) is 67.6 Å². The smallest absolute Gasteiger partial charge is 0.255 e. The summed E-state index contributed by atoms with van der Waals surface area (Å²) in [5, 5.41) is 19.6. The van der Waals surface area contributed by atoms with Crippen molar-refractivity contribution < 1.29 is 9.90 Å². The number of carbonyl (C=O) groups is 1. The monoisotopic (exact) mass is 327 g/mol. The standard InChI is InChI=1S/C19H25N3O2/c20-12-15-6-4-5-9-18(15)19(24)22-11-10-21(13-17(23)14-22)16-7-2-1-3-8-16/h4-6,9,16-17,23H,1-3,7-8,10-11,13-14H2/t17-/m0/s1. The number of aliphatic hydroxyl groups excluding tert-OH is 1. The van der Waals surface area contributed by atoms with E-state index in [-0.39, 0.29) is 5.91 Å². The van der Waals surface area contributed by atoms with Crippen molar-refractivity contribution in [1.29, 1.82) is 5.26 Å². The molecule has 0 spiro atoms. The van der Waals surface area contributed by atoms with E-state index >= 15 is 0 Å². The summed E-state index contributed by atoms with van der Waals surface area (Å²) in [6, 6.07) is 9.51. The number of benzene rings is 1. The Balaban J connectivity index is 1.71. The summed E-state index contributed by atoms with van der Waals surface area (Å²) in [5.74, 6) is -0.156. The highest BCUT2D eigenvalue weighted by Gasteiger charge is 2.30. The molecule has 0 aromatic heterocycles. The Morgan fingerprint density at radius 1 is 1.12 bits per heavy atom. The van der Waals surface area contributed by atoms with Crippen molar-refractivity contribution in [3.63, 3.8) is 0 Å². The number of rotatable bonds is 2. The number of β-amino-alcohol motifs (C(OH)–C–C–N with tert-alkyl or cyclic N) is 1. The van der Waals surface area contributed by atoms with Gasteiger partial charge in [-0.15, -0.1) is 0 Å². The zero-order valence-corrected chi connectivity index (χ0v) is 14.0. The number of carbonyl (C=O) groups excluding carboxylic acids is 1. The average molecular weight is 327 g/mol. The van der Waals surface area contributed by atoms with Crippen molar-refractivity contribution in [2.45, 2.75) is 44.2 Å². The van der Waals surface area contributed by atoms with Crippen LogP contribution in [0.4, 0.5) is 0 Å². The van der Waals surface area contributed by atoms with Gasteiger partial charge in [0.25, 0.3) is 5.91 Å². The fourth-order valence-corrected chi connectivity index (χ4v) is 3.91. The lowest BCUT2D eigenvalue weighted by Gasteiger charge is -2.33. The number of hydrogen-bond acceptors (Lipinski definition) is 4. The Labute approximate surface area is 143 Å². The summed E-state index contributed by atoms with van der Waals surface area (Å²) in [4.78, 5) is 16.9. The Morgan fingerprint density at radius 2 is 1.88 bits per heavy atom. The van der Waals surface area contributed by atoms with Crippen molar-refractivity contribution in [1.82, 2.24) is 9.80 Å². The first-order chi connectivity index (χ1) is 11.7. The summed E-state index contributed by atoms with van der Waals surface area (Å²) in [5.41, 5.74) is 0.823. The highest BCUT2D eigenvalue weighted by atomic mass is 16.3. The van der Waals surface area contributed by atoms with Crippen molar-refractivity contribution in [2.75, 3.05) is 26.2 Å². The van der Waals surface area contributed by atoms with Gasteiger partial charge in [-0.25, -0.2) is 0 Å². The van der Waals surface area contributed by atoms with Crippen LogP contribution in [0.2, 0.25) is 0 Å². The maximum Gasteiger partial charge on any atom is 0.255 e. The van der Waals surface area contributed by atoms with Crippen LogP contribution in [0, 0.1) is 11.3 Å². The molecule has 1 aromatic rings. The third kappa shape index (κ3) is 3.77. The maximum atomic E-state index is 12.8. The predicted octanol–water partition coefficient (Wildman–Crippen LogP) is 2.01. The zero-order chi connectivity index (χ0) is 16.9. The fraction of sp³-hybridized carbons (Fsp3) is 0.579. The number of aliphatic hydroxyl groups is 1. The van der Waals surface area contributed by atoms with Gasteiger partial charge >= 0.3 is 0 Å². The second kappa shape index (κ2) is 7.78. The molecule has 0 bridgehead atoms. The van der Waals surface area contributed by atoms with Crippen LogP contribution in [-0.4, -0.2) is 59.1 Å². The van der Waals surface area contributed by atoms with Crippen molar-refractivity contribution in [2.24, 2.45) is 0 Å². The largest absolute Gasteiger partial charge is 0.390 e. The summed E-state index contributed by atoms with van der Waals surface area (Å²) < 4.78 is 0. The first-order valence-electron chi connectivity index (χ1n) is 8.89. The van der Waals surface area contributed by atoms with Crippen LogP contribution >= 0.6 is 0 Å². The second-order valence-electron chi connectivity index (χ2n) is 6.85. The zero-order valence-electron chi connectivity index (χ0n) is 14.0. The van der Waals surface area contributed by atoms with Crippen molar-refractivity contribution >= 4 is 5.91 Å². The Morgan fingerprint density at radius 3 is 2.62 bits per heavy atom. The Bertz CT molecular complexity index is 619. The lowest BCUT2D eigenvalue weighted by molar-refractivity contribution is 0.0645. The molecule has 2 aliphatic rings. The van der Waals surface area contributed by atoms with Crippen molar-refractivity contribution in [3.8, 4) is 6.07 Å². The average Bonchev–Trinajstić information content (AvgIpc) is 2.83. The number of nitriles is 1. The summed E-state index contributed by atoms with van der Waals surface area (Å²) in [6.07, 6.45) is 5.68. The molecule has 2 fully saturated rings. The van der Waals surface area contributed by atoms with E-state index < -0.39 is 6.10 Å². The molecule has 1 heterocycles. The Hall–Kier alpha value is -1.90. The van der Waals surface area contributed by atoms with Crippen LogP contribution in [0.3, 0.4) is 0 Å². The molecule has 128 valence electrons. The van der Waals surface area contributed by atoms with E-state index in [1.54, 1.807) is 29.2 Å². The van der Waals surface area contributed by atoms with E-state index in [0.29, 0.717) is 36.8 Å². The van der Waals surface area contributed by atoms with Crippen LogP contribution in [0.15, 0.2) is 24.3 Å². The van der Waals surface area contributed by atoms with E-state index in [9.17, 15) is 15.2 Å². The molecule has 3 rings (SSSR count). The third-order valence-electron chi connectivity index (χ3n) is 5.19. The van der Waals surface area contributed by atoms with E-state index in [1.807, 2.05) is 0 Å². The van der Waals surface area contributed by atoms with Gasteiger partial charge in [-0.05, 0) is 25.0 Å².